The molecule has 5 rings (SSSR count). The predicted octanol–water partition coefficient (Wildman–Crippen LogP) is 6.31. The number of rotatable bonds is 10. The summed E-state index contributed by atoms with van der Waals surface area (Å²) in [6.07, 6.45) is 1.72. The number of halogens is 1. The molecular weight excluding hydrogens is 574 g/mol. The topological polar surface area (TPSA) is 107 Å². The molecule has 0 aliphatic rings. The summed E-state index contributed by atoms with van der Waals surface area (Å²) in [6, 6.07) is 29.6. The third-order valence-corrected chi connectivity index (χ3v) is 7.11. The van der Waals surface area contributed by atoms with Crippen LogP contribution < -0.4 is 15.5 Å². The highest BCUT2D eigenvalue weighted by Crippen LogP contribution is 2.33. The molecule has 3 aromatic carbocycles. The summed E-state index contributed by atoms with van der Waals surface area (Å²) in [5.41, 5.74) is 2.43. The zero-order valence-electron chi connectivity index (χ0n) is 21.3. The van der Waals surface area contributed by atoms with E-state index in [4.69, 9.17) is 9.15 Å². The molecule has 8 nitrogen and oxygen atoms in total. The maximum Gasteiger partial charge on any atom is 0.404 e. The number of hydrogen-bond acceptors (Lipinski definition) is 5. The van der Waals surface area contributed by atoms with Gasteiger partial charge in [0.2, 0.25) is 16.9 Å². The number of carboxylic acid groups (broad SMARTS) is 1. The first kappa shape index (κ1) is 27.0. The van der Waals surface area contributed by atoms with Crippen LogP contribution in [0.25, 0.3) is 11.6 Å². The number of imidazole rings is 1. The Hall–Kier alpha value is -4.63. The molecule has 2 aromatic heterocycles. The molecule has 2 heterocycles. The monoisotopic (exact) mass is 599 g/mol. The van der Waals surface area contributed by atoms with Gasteiger partial charge in [0, 0.05) is 18.5 Å². The van der Waals surface area contributed by atoms with E-state index in [1.807, 2.05) is 91.0 Å². The first-order valence-corrected chi connectivity index (χ1v) is 13.4. The number of nitrogens with zero attached hydrogens (tertiary/aromatic N) is 2. The van der Waals surface area contributed by atoms with Gasteiger partial charge in [-0.05, 0) is 32.6 Å². The van der Waals surface area contributed by atoms with E-state index in [0.29, 0.717) is 10.4 Å². The lowest BCUT2D eigenvalue weighted by atomic mass is 9.85. The molecule has 0 spiro atoms. The molecule has 1 amide bonds. The van der Waals surface area contributed by atoms with Gasteiger partial charge in [0.1, 0.15) is 11.2 Å². The van der Waals surface area contributed by atoms with Crippen LogP contribution in [-0.4, -0.2) is 26.8 Å². The number of amides is 1. The molecule has 0 fully saturated rings. The van der Waals surface area contributed by atoms with Crippen LogP contribution in [0, 0.1) is 0 Å². The second kappa shape index (κ2) is 12.5. The Labute approximate surface area is 239 Å². The first-order chi connectivity index (χ1) is 19.5. The minimum Gasteiger partial charge on any atom is -0.481 e. The van der Waals surface area contributed by atoms with Gasteiger partial charge in [-0.3, -0.25) is 4.79 Å². The van der Waals surface area contributed by atoms with E-state index >= 15 is 0 Å². The first-order valence-electron chi connectivity index (χ1n) is 12.6. The van der Waals surface area contributed by atoms with Gasteiger partial charge in [-0.25, -0.2) is 9.78 Å². The number of nitrogens with one attached hydrogen (secondary N) is 1. The van der Waals surface area contributed by atoms with Crippen LogP contribution in [0.15, 0.2) is 123 Å². The van der Waals surface area contributed by atoms with Crippen molar-refractivity contribution < 1.29 is 19.1 Å². The fourth-order valence-electron chi connectivity index (χ4n) is 4.70. The molecule has 40 heavy (non-hydrogen) atoms. The Kier molecular flexibility index (Phi) is 8.41. The standard InChI is InChI=1S/C31H26BrN3O5/c32-26-18-33-30(29-28(25(36)16-17-39-29)40-20-21-10-4-1-5-11-21)35(26)19-24(34-31(37)38)27(22-12-6-2-7-13-22)23-14-8-3-9-15-23/h1-18,24,27,34H,19-20H2,(H,37,38). The van der Waals surface area contributed by atoms with Gasteiger partial charge in [-0.1, -0.05) is 91.0 Å². The van der Waals surface area contributed by atoms with Gasteiger partial charge in [0.25, 0.3) is 0 Å². The highest BCUT2D eigenvalue weighted by Gasteiger charge is 2.30. The molecule has 2 N–H and O–H groups in total. The zero-order chi connectivity index (χ0) is 27.9. The van der Waals surface area contributed by atoms with Crippen LogP contribution in [-0.2, 0) is 13.2 Å². The lowest BCUT2D eigenvalue weighted by Crippen LogP contribution is -2.42. The summed E-state index contributed by atoms with van der Waals surface area (Å²) in [5.74, 6) is 0.178. The maximum absolute atomic E-state index is 12.9. The van der Waals surface area contributed by atoms with E-state index in [0.717, 1.165) is 16.7 Å². The second-order valence-corrected chi connectivity index (χ2v) is 9.90. The summed E-state index contributed by atoms with van der Waals surface area (Å²) in [5, 5.41) is 12.6. The summed E-state index contributed by atoms with van der Waals surface area (Å²) < 4.78 is 14.1. The quantitative estimate of drug-likeness (QED) is 0.195. The molecule has 1 atom stereocenters. The van der Waals surface area contributed by atoms with E-state index in [1.165, 1.54) is 12.3 Å². The summed E-state index contributed by atoms with van der Waals surface area (Å²) in [7, 11) is 0. The number of aromatic nitrogens is 2. The number of benzene rings is 3. The zero-order valence-corrected chi connectivity index (χ0v) is 22.9. The van der Waals surface area contributed by atoms with Crippen LogP contribution >= 0.6 is 15.9 Å². The van der Waals surface area contributed by atoms with Crippen molar-refractivity contribution in [3.05, 3.63) is 141 Å². The van der Waals surface area contributed by atoms with Gasteiger partial charge in [-0.15, -0.1) is 0 Å². The van der Waals surface area contributed by atoms with Crippen molar-refractivity contribution in [2.45, 2.75) is 25.1 Å². The molecule has 9 heteroatoms. The molecule has 1 unspecified atom stereocenters. The Bertz CT molecular complexity index is 1580. The minimum atomic E-state index is -1.15. The molecule has 0 bridgehead atoms. The van der Waals surface area contributed by atoms with Crippen molar-refractivity contribution in [3.63, 3.8) is 0 Å². The third-order valence-electron chi connectivity index (χ3n) is 6.48. The van der Waals surface area contributed by atoms with Crippen LogP contribution in [0.1, 0.15) is 22.6 Å². The largest absolute Gasteiger partial charge is 0.481 e. The molecule has 5 aromatic rings. The number of hydrogen-bond donors (Lipinski definition) is 2. The van der Waals surface area contributed by atoms with E-state index < -0.39 is 12.1 Å². The predicted molar refractivity (Wildman–Crippen MR) is 154 cm³/mol. The molecular formula is C31H26BrN3O5. The number of ether oxygens (including phenoxy) is 1. The highest BCUT2D eigenvalue weighted by atomic mass is 79.9. The molecule has 0 aliphatic carbocycles. The molecule has 202 valence electrons. The Morgan fingerprint density at radius 3 is 2.15 bits per heavy atom. The van der Waals surface area contributed by atoms with Gasteiger partial charge >= 0.3 is 6.09 Å². The lowest BCUT2D eigenvalue weighted by molar-refractivity contribution is 0.186. The Morgan fingerprint density at radius 2 is 1.55 bits per heavy atom. The van der Waals surface area contributed by atoms with Crippen molar-refractivity contribution in [1.29, 1.82) is 0 Å². The van der Waals surface area contributed by atoms with E-state index in [1.54, 1.807) is 10.8 Å². The van der Waals surface area contributed by atoms with E-state index in [2.05, 4.69) is 26.2 Å². The second-order valence-electron chi connectivity index (χ2n) is 9.09. The average Bonchev–Trinajstić information content (AvgIpc) is 3.33. The van der Waals surface area contributed by atoms with Crippen LogP contribution in [0.4, 0.5) is 4.79 Å². The molecule has 0 radical (unpaired) electrons. The molecule has 0 saturated heterocycles. The van der Waals surface area contributed by atoms with Crippen molar-refractivity contribution >= 4 is 22.0 Å². The average molecular weight is 600 g/mol. The minimum absolute atomic E-state index is 0.0242. The lowest BCUT2D eigenvalue weighted by Gasteiger charge is -2.29. The fraction of sp³-hybridized carbons (Fsp3) is 0.129. The normalized spacial score (nSPS) is 11.8. The van der Waals surface area contributed by atoms with Crippen molar-refractivity contribution in [1.82, 2.24) is 14.9 Å². The Balaban J connectivity index is 1.55. The van der Waals surface area contributed by atoms with Gasteiger partial charge in [0.05, 0.1) is 18.5 Å². The summed E-state index contributed by atoms with van der Waals surface area (Å²) >= 11 is 3.55. The molecule has 0 aliphatic heterocycles. The van der Waals surface area contributed by atoms with Gasteiger partial charge < -0.3 is 24.1 Å². The molecule has 0 saturated carbocycles. The van der Waals surface area contributed by atoms with E-state index in [9.17, 15) is 14.7 Å². The van der Waals surface area contributed by atoms with Crippen LogP contribution in [0.5, 0.6) is 5.75 Å². The van der Waals surface area contributed by atoms with E-state index in [-0.39, 0.29) is 36.0 Å². The maximum atomic E-state index is 12.9. The fourth-order valence-corrected chi connectivity index (χ4v) is 5.12. The van der Waals surface area contributed by atoms with Gasteiger partial charge in [-0.2, -0.15) is 0 Å². The van der Waals surface area contributed by atoms with Crippen LogP contribution in [0.3, 0.4) is 0 Å². The van der Waals surface area contributed by atoms with Crippen LogP contribution in [0.2, 0.25) is 0 Å². The third kappa shape index (κ3) is 6.16. The SMILES string of the molecule is O=C(O)NC(Cn1c(Br)cnc1-c1occc(=O)c1OCc1ccccc1)C(c1ccccc1)c1ccccc1. The summed E-state index contributed by atoms with van der Waals surface area (Å²) in [6.45, 7) is 0.338. The van der Waals surface area contributed by atoms with Crippen molar-refractivity contribution in [3.8, 4) is 17.3 Å². The van der Waals surface area contributed by atoms with Crippen molar-refractivity contribution in [2.24, 2.45) is 0 Å². The Morgan fingerprint density at radius 1 is 0.950 bits per heavy atom. The summed E-state index contributed by atoms with van der Waals surface area (Å²) in [4.78, 5) is 29.4. The number of carbonyl (C=O) groups is 1. The van der Waals surface area contributed by atoms with Crippen molar-refractivity contribution in [2.75, 3.05) is 0 Å². The smallest absolute Gasteiger partial charge is 0.404 e. The highest BCUT2D eigenvalue weighted by molar-refractivity contribution is 9.10. The van der Waals surface area contributed by atoms with Gasteiger partial charge in [0.15, 0.2) is 5.82 Å².